The van der Waals surface area contributed by atoms with Crippen molar-refractivity contribution < 1.29 is 19.0 Å². The van der Waals surface area contributed by atoms with E-state index < -0.39 is 6.04 Å². The molecule has 0 saturated heterocycles. The molecule has 162 valence electrons. The van der Waals surface area contributed by atoms with E-state index in [0.717, 1.165) is 11.1 Å². The summed E-state index contributed by atoms with van der Waals surface area (Å²) in [5.74, 6) is 1.92. The number of rotatable bonds is 4. The van der Waals surface area contributed by atoms with Gasteiger partial charge in [-0.05, 0) is 55.3 Å². The van der Waals surface area contributed by atoms with Crippen LogP contribution in [-0.2, 0) is 4.79 Å². The predicted molar refractivity (Wildman–Crippen MR) is 120 cm³/mol. The molecule has 3 aromatic rings. The van der Waals surface area contributed by atoms with Crippen LogP contribution in [0.4, 0.5) is 0 Å². The second-order valence-electron chi connectivity index (χ2n) is 7.52. The van der Waals surface area contributed by atoms with Crippen LogP contribution in [-0.4, -0.2) is 24.3 Å². The van der Waals surface area contributed by atoms with Crippen LogP contribution >= 0.6 is 11.3 Å². The second-order valence-corrected chi connectivity index (χ2v) is 8.53. The van der Waals surface area contributed by atoms with Crippen LogP contribution in [0.15, 0.2) is 63.5 Å². The van der Waals surface area contributed by atoms with Crippen LogP contribution in [0.5, 0.6) is 17.2 Å². The number of carbonyl (C=O) groups is 1. The van der Waals surface area contributed by atoms with Crippen molar-refractivity contribution in [2.24, 2.45) is 4.99 Å². The Kier molecular flexibility index (Phi) is 4.94. The Morgan fingerprint density at radius 2 is 1.94 bits per heavy atom. The lowest BCUT2D eigenvalue weighted by molar-refractivity contribution is -0.114. The van der Waals surface area contributed by atoms with E-state index in [2.05, 4.69) is 4.99 Å². The number of benzene rings is 2. The Balaban J connectivity index is 1.69. The largest absolute Gasteiger partial charge is 0.497 e. The molecule has 32 heavy (non-hydrogen) atoms. The van der Waals surface area contributed by atoms with Crippen molar-refractivity contribution in [1.82, 2.24) is 4.57 Å². The van der Waals surface area contributed by atoms with Crippen molar-refractivity contribution in [3.8, 4) is 17.2 Å². The molecule has 0 bridgehead atoms. The molecule has 0 aliphatic carbocycles. The van der Waals surface area contributed by atoms with Gasteiger partial charge in [0, 0.05) is 11.3 Å². The summed E-state index contributed by atoms with van der Waals surface area (Å²) in [5, 5.41) is 0. The van der Waals surface area contributed by atoms with Crippen molar-refractivity contribution in [1.29, 1.82) is 0 Å². The first-order valence-electron chi connectivity index (χ1n) is 10.0. The summed E-state index contributed by atoms with van der Waals surface area (Å²) in [6.07, 6.45) is 1.81. The van der Waals surface area contributed by atoms with Gasteiger partial charge in [0.2, 0.25) is 6.79 Å². The smallest absolute Gasteiger partial charge is 0.271 e. The highest BCUT2D eigenvalue weighted by molar-refractivity contribution is 7.07. The Bertz CT molecular complexity index is 1450. The molecule has 7 nitrogen and oxygen atoms in total. The van der Waals surface area contributed by atoms with Gasteiger partial charge < -0.3 is 14.2 Å². The molecule has 2 aliphatic heterocycles. The van der Waals surface area contributed by atoms with Crippen LogP contribution in [0.1, 0.15) is 31.0 Å². The Morgan fingerprint density at radius 1 is 1.19 bits per heavy atom. The average Bonchev–Trinajstić information content (AvgIpc) is 3.36. The molecule has 1 atom stereocenters. The Morgan fingerprint density at radius 3 is 2.66 bits per heavy atom. The average molecular weight is 449 g/mol. The molecule has 1 aromatic heterocycles. The first-order valence-corrected chi connectivity index (χ1v) is 10.8. The standard InChI is InChI=1S/C24H20N2O5S/c1-13-21(14(2)27)22(16-5-7-17(29-3)8-6-16)26-23(28)20(32-24(26)25-13)11-15-4-9-18-19(10-15)31-12-30-18/h4-11,22H,12H2,1-3H3/b20-11-. The summed E-state index contributed by atoms with van der Waals surface area (Å²) >= 11 is 1.30. The first-order chi connectivity index (χ1) is 15.5. The lowest BCUT2D eigenvalue weighted by Crippen LogP contribution is -2.39. The van der Waals surface area contributed by atoms with E-state index in [1.54, 1.807) is 11.7 Å². The first kappa shape index (κ1) is 20.3. The molecule has 0 fully saturated rings. The summed E-state index contributed by atoms with van der Waals surface area (Å²) in [4.78, 5) is 31.2. The molecule has 0 N–H and O–H groups in total. The van der Waals surface area contributed by atoms with Gasteiger partial charge >= 0.3 is 0 Å². The van der Waals surface area contributed by atoms with Crippen molar-refractivity contribution in [2.75, 3.05) is 13.9 Å². The van der Waals surface area contributed by atoms with Crippen molar-refractivity contribution in [3.63, 3.8) is 0 Å². The predicted octanol–water partition coefficient (Wildman–Crippen LogP) is 2.56. The van der Waals surface area contributed by atoms with Crippen LogP contribution in [0.25, 0.3) is 6.08 Å². The third kappa shape index (κ3) is 3.33. The monoisotopic (exact) mass is 448 g/mol. The molecule has 0 spiro atoms. The van der Waals surface area contributed by atoms with Crippen LogP contribution in [0.3, 0.4) is 0 Å². The van der Waals surface area contributed by atoms with Gasteiger partial charge in [-0.25, -0.2) is 4.99 Å². The second kappa shape index (κ2) is 7.80. The van der Waals surface area contributed by atoms with E-state index in [0.29, 0.717) is 37.9 Å². The zero-order chi connectivity index (χ0) is 22.4. The quantitative estimate of drug-likeness (QED) is 0.613. The molecule has 0 amide bonds. The maximum Gasteiger partial charge on any atom is 0.271 e. The number of aromatic nitrogens is 1. The van der Waals surface area contributed by atoms with E-state index in [1.165, 1.54) is 18.3 Å². The van der Waals surface area contributed by atoms with E-state index in [9.17, 15) is 9.59 Å². The topological polar surface area (TPSA) is 79.1 Å². The summed E-state index contributed by atoms with van der Waals surface area (Å²) in [6.45, 7) is 3.50. The molecule has 5 rings (SSSR count). The van der Waals surface area contributed by atoms with E-state index in [1.807, 2.05) is 55.5 Å². The van der Waals surface area contributed by atoms with Crippen LogP contribution in [0.2, 0.25) is 0 Å². The van der Waals surface area contributed by atoms with Gasteiger partial charge in [-0.15, -0.1) is 0 Å². The zero-order valence-electron chi connectivity index (χ0n) is 17.7. The fraction of sp³-hybridized carbons (Fsp3) is 0.208. The van der Waals surface area contributed by atoms with Crippen LogP contribution in [0, 0.1) is 0 Å². The molecule has 1 unspecified atom stereocenters. The summed E-state index contributed by atoms with van der Waals surface area (Å²) in [7, 11) is 1.60. The number of nitrogens with zero attached hydrogens (tertiary/aromatic N) is 2. The number of carbonyl (C=O) groups excluding carboxylic acids is 1. The van der Waals surface area contributed by atoms with Gasteiger partial charge in [0.05, 0.1) is 17.7 Å². The van der Waals surface area contributed by atoms with Crippen LogP contribution < -0.4 is 29.1 Å². The Labute approximate surface area is 187 Å². The van der Waals surface area contributed by atoms with Gasteiger partial charge in [-0.3, -0.25) is 14.2 Å². The number of ketones is 1. The lowest BCUT2D eigenvalue weighted by Gasteiger charge is -2.24. The minimum absolute atomic E-state index is 0.114. The number of Topliss-reactive ketones (excluding diaryl/α,β-unsaturated/α-hetero) is 1. The minimum Gasteiger partial charge on any atom is -0.497 e. The number of hydrogen-bond donors (Lipinski definition) is 0. The third-order valence-corrected chi connectivity index (χ3v) is 6.51. The highest BCUT2D eigenvalue weighted by Gasteiger charge is 2.30. The fourth-order valence-corrected chi connectivity index (χ4v) is 5.07. The number of fused-ring (bicyclic) bond motifs is 2. The van der Waals surface area contributed by atoms with Gasteiger partial charge in [-0.2, -0.15) is 0 Å². The normalized spacial score (nSPS) is 17.2. The third-order valence-electron chi connectivity index (χ3n) is 5.53. The van der Waals surface area contributed by atoms with Gasteiger partial charge in [0.15, 0.2) is 22.1 Å². The van der Waals surface area contributed by atoms with Gasteiger partial charge in [-0.1, -0.05) is 29.5 Å². The Hall–Kier alpha value is -3.65. The van der Waals surface area contributed by atoms with Crippen molar-refractivity contribution in [3.05, 3.63) is 84.5 Å². The van der Waals surface area contributed by atoms with Crippen molar-refractivity contribution >= 4 is 23.2 Å². The van der Waals surface area contributed by atoms with E-state index in [4.69, 9.17) is 14.2 Å². The highest BCUT2D eigenvalue weighted by Crippen LogP contribution is 2.33. The van der Waals surface area contributed by atoms with E-state index in [-0.39, 0.29) is 18.1 Å². The van der Waals surface area contributed by atoms with Crippen molar-refractivity contribution in [2.45, 2.75) is 19.9 Å². The molecule has 0 radical (unpaired) electrons. The molecular formula is C24H20N2O5S. The summed E-state index contributed by atoms with van der Waals surface area (Å²) in [5.41, 5.74) is 2.58. The summed E-state index contributed by atoms with van der Waals surface area (Å²) in [6, 6.07) is 12.4. The number of hydrogen-bond acceptors (Lipinski definition) is 7. The maximum atomic E-state index is 13.5. The summed E-state index contributed by atoms with van der Waals surface area (Å²) < 4.78 is 18.2. The molecule has 2 aliphatic rings. The van der Waals surface area contributed by atoms with E-state index >= 15 is 0 Å². The fourth-order valence-electron chi connectivity index (χ4n) is 4.03. The molecular weight excluding hydrogens is 428 g/mol. The number of ether oxygens (including phenoxy) is 3. The maximum absolute atomic E-state index is 13.5. The molecule has 8 heteroatoms. The molecule has 3 heterocycles. The van der Waals surface area contributed by atoms with Gasteiger partial charge in [0.25, 0.3) is 5.56 Å². The SMILES string of the molecule is COc1ccc(C2C(C(C)=O)=C(C)N=c3s/c(=C\c4ccc5c(c4)OCO5)c(=O)n32)cc1. The zero-order valence-corrected chi connectivity index (χ0v) is 18.6. The lowest BCUT2D eigenvalue weighted by atomic mass is 9.93. The number of methoxy groups -OCH3 is 1. The van der Waals surface area contributed by atoms with Gasteiger partial charge in [0.1, 0.15) is 5.75 Å². The number of thiazole rings is 1. The molecule has 2 aromatic carbocycles. The highest BCUT2D eigenvalue weighted by atomic mass is 32.1. The minimum atomic E-state index is -0.548. The molecule has 0 saturated carbocycles. The number of allylic oxidation sites excluding steroid dienone is 2.